The van der Waals surface area contributed by atoms with Gasteiger partial charge in [0.1, 0.15) is 5.75 Å². The predicted octanol–water partition coefficient (Wildman–Crippen LogP) is 4.32. The summed E-state index contributed by atoms with van der Waals surface area (Å²) >= 11 is 1.63. The molecule has 3 aromatic rings. The number of nitrogens with zero attached hydrogens (tertiary/aromatic N) is 2. The second kappa shape index (κ2) is 8.44. The van der Waals surface area contributed by atoms with Gasteiger partial charge in [-0.1, -0.05) is 25.1 Å². The number of pyridine rings is 1. The van der Waals surface area contributed by atoms with Crippen molar-refractivity contribution in [1.82, 2.24) is 4.98 Å². The van der Waals surface area contributed by atoms with E-state index in [1.54, 1.807) is 28.6 Å². The molecule has 1 amide bonds. The lowest BCUT2D eigenvalue weighted by molar-refractivity contribution is -0.120. The number of aryl methyl sites for hydroxylation is 1. The van der Waals surface area contributed by atoms with E-state index in [1.165, 1.54) is 5.56 Å². The fourth-order valence-corrected chi connectivity index (χ4v) is 3.13. The van der Waals surface area contributed by atoms with E-state index >= 15 is 0 Å². The summed E-state index contributed by atoms with van der Waals surface area (Å²) in [5.74, 6) is 0.605. The van der Waals surface area contributed by atoms with Gasteiger partial charge >= 0.3 is 0 Å². The fraction of sp³-hybridized carbons (Fsp3) is 0.200. The summed E-state index contributed by atoms with van der Waals surface area (Å²) in [6.45, 7) is 2.61. The average Bonchev–Trinajstić information content (AvgIpc) is 3.18. The highest BCUT2D eigenvalue weighted by Gasteiger charge is 2.17. The molecular formula is C20H20N2O2S. The largest absolute Gasteiger partial charge is 0.484 e. The van der Waals surface area contributed by atoms with E-state index < -0.39 is 0 Å². The Morgan fingerprint density at radius 1 is 1.16 bits per heavy atom. The number of thiophene rings is 1. The molecule has 0 fully saturated rings. The Balaban J connectivity index is 1.70. The van der Waals surface area contributed by atoms with Crippen LogP contribution in [0.15, 0.2) is 66.3 Å². The highest BCUT2D eigenvalue weighted by molar-refractivity contribution is 7.09. The molecule has 2 aromatic heterocycles. The maximum Gasteiger partial charge on any atom is 0.265 e. The summed E-state index contributed by atoms with van der Waals surface area (Å²) in [6, 6.07) is 15.6. The van der Waals surface area contributed by atoms with Gasteiger partial charge in [0.15, 0.2) is 6.61 Å². The van der Waals surface area contributed by atoms with Gasteiger partial charge < -0.3 is 9.64 Å². The highest BCUT2D eigenvalue weighted by Crippen LogP contribution is 2.20. The molecule has 4 nitrogen and oxygen atoms in total. The van der Waals surface area contributed by atoms with Crippen LogP contribution in [0.2, 0.25) is 0 Å². The molecule has 0 aliphatic carbocycles. The Morgan fingerprint density at radius 3 is 2.64 bits per heavy atom. The Labute approximate surface area is 151 Å². The van der Waals surface area contributed by atoms with Crippen molar-refractivity contribution in [2.24, 2.45) is 0 Å². The van der Waals surface area contributed by atoms with Gasteiger partial charge in [0.2, 0.25) is 0 Å². The van der Waals surface area contributed by atoms with Crippen LogP contribution in [0.1, 0.15) is 17.4 Å². The quantitative estimate of drug-likeness (QED) is 0.636. The van der Waals surface area contributed by atoms with Crippen LogP contribution < -0.4 is 9.64 Å². The van der Waals surface area contributed by atoms with Crippen molar-refractivity contribution < 1.29 is 9.53 Å². The molecule has 2 heterocycles. The van der Waals surface area contributed by atoms with Crippen LogP contribution in [-0.4, -0.2) is 17.5 Å². The maximum atomic E-state index is 12.7. The van der Waals surface area contributed by atoms with E-state index in [9.17, 15) is 4.79 Å². The molecule has 25 heavy (non-hydrogen) atoms. The minimum Gasteiger partial charge on any atom is -0.484 e. The molecular weight excluding hydrogens is 332 g/mol. The van der Waals surface area contributed by atoms with Gasteiger partial charge in [0.25, 0.3) is 5.91 Å². The Kier molecular flexibility index (Phi) is 5.80. The molecule has 128 valence electrons. The number of hydrogen-bond acceptors (Lipinski definition) is 4. The number of carbonyl (C=O) groups is 1. The van der Waals surface area contributed by atoms with Gasteiger partial charge in [-0.2, -0.15) is 0 Å². The molecule has 0 radical (unpaired) electrons. The number of hydrogen-bond donors (Lipinski definition) is 0. The summed E-state index contributed by atoms with van der Waals surface area (Å²) in [5, 5.41) is 2.01. The van der Waals surface area contributed by atoms with Crippen LogP contribution in [0.3, 0.4) is 0 Å². The summed E-state index contributed by atoms with van der Waals surface area (Å²) in [7, 11) is 0. The molecule has 0 aliphatic rings. The average molecular weight is 352 g/mol. The number of anilines is 1. The number of aromatic nitrogens is 1. The first-order valence-electron chi connectivity index (χ1n) is 8.21. The molecule has 0 aliphatic heterocycles. The number of ether oxygens (including phenoxy) is 1. The van der Waals surface area contributed by atoms with E-state index in [2.05, 4.69) is 11.9 Å². The zero-order valence-electron chi connectivity index (χ0n) is 14.1. The second-order valence-corrected chi connectivity index (χ2v) is 6.59. The second-order valence-electron chi connectivity index (χ2n) is 5.56. The zero-order valence-corrected chi connectivity index (χ0v) is 14.9. The van der Waals surface area contributed by atoms with Crippen molar-refractivity contribution in [1.29, 1.82) is 0 Å². The molecule has 1 aromatic carbocycles. The van der Waals surface area contributed by atoms with Crippen LogP contribution in [0.5, 0.6) is 5.75 Å². The first-order chi connectivity index (χ1) is 12.3. The third-order valence-electron chi connectivity index (χ3n) is 3.85. The standard InChI is InChI=1S/C20H20N2O2S/c1-2-16-7-9-18(10-8-16)24-15-20(23)22(14-19-6-4-12-25-19)17-5-3-11-21-13-17/h3-13H,2,14-15H2,1H3. The number of amides is 1. The minimum atomic E-state index is -0.0963. The van der Waals surface area contributed by atoms with E-state index in [4.69, 9.17) is 4.74 Å². The Morgan fingerprint density at radius 2 is 2.00 bits per heavy atom. The van der Waals surface area contributed by atoms with E-state index in [-0.39, 0.29) is 12.5 Å². The number of rotatable bonds is 7. The number of benzene rings is 1. The summed E-state index contributed by atoms with van der Waals surface area (Å²) in [6.07, 6.45) is 4.37. The third-order valence-corrected chi connectivity index (χ3v) is 4.71. The first-order valence-corrected chi connectivity index (χ1v) is 9.08. The smallest absolute Gasteiger partial charge is 0.265 e. The molecule has 0 saturated heterocycles. The molecule has 0 bridgehead atoms. The molecule has 0 atom stereocenters. The summed E-state index contributed by atoms with van der Waals surface area (Å²) in [5.41, 5.74) is 2.01. The normalized spacial score (nSPS) is 10.4. The van der Waals surface area contributed by atoms with Crippen LogP contribution in [-0.2, 0) is 17.8 Å². The topological polar surface area (TPSA) is 42.4 Å². The molecule has 0 N–H and O–H groups in total. The van der Waals surface area contributed by atoms with E-state index in [1.807, 2.05) is 53.9 Å². The summed E-state index contributed by atoms with van der Waals surface area (Å²) < 4.78 is 5.68. The first kappa shape index (κ1) is 17.2. The lowest BCUT2D eigenvalue weighted by Crippen LogP contribution is -2.34. The maximum absolute atomic E-state index is 12.7. The van der Waals surface area contributed by atoms with Crippen molar-refractivity contribution >= 4 is 22.9 Å². The van der Waals surface area contributed by atoms with E-state index in [0.29, 0.717) is 12.3 Å². The monoisotopic (exact) mass is 352 g/mol. The van der Waals surface area contributed by atoms with Gasteiger partial charge in [-0.25, -0.2) is 0 Å². The molecule has 0 spiro atoms. The van der Waals surface area contributed by atoms with Gasteiger partial charge in [0, 0.05) is 11.1 Å². The SMILES string of the molecule is CCc1ccc(OCC(=O)N(Cc2cccs2)c2cccnc2)cc1. The van der Waals surface area contributed by atoms with Gasteiger partial charge in [-0.15, -0.1) is 11.3 Å². The van der Waals surface area contributed by atoms with Crippen molar-refractivity contribution in [3.05, 3.63) is 76.7 Å². The van der Waals surface area contributed by atoms with Crippen LogP contribution in [0.25, 0.3) is 0 Å². The van der Waals surface area contributed by atoms with Crippen molar-refractivity contribution in [3.8, 4) is 5.75 Å². The molecule has 0 saturated carbocycles. The summed E-state index contributed by atoms with van der Waals surface area (Å²) in [4.78, 5) is 19.7. The third kappa shape index (κ3) is 4.67. The molecule has 0 unspecified atom stereocenters. The lowest BCUT2D eigenvalue weighted by atomic mass is 10.2. The Hall–Kier alpha value is -2.66. The van der Waals surface area contributed by atoms with Crippen molar-refractivity contribution in [2.45, 2.75) is 19.9 Å². The van der Waals surface area contributed by atoms with Crippen LogP contribution in [0.4, 0.5) is 5.69 Å². The molecule has 3 rings (SSSR count). The van der Waals surface area contributed by atoms with Crippen LogP contribution in [0, 0.1) is 0 Å². The Bertz CT molecular complexity index is 786. The van der Waals surface area contributed by atoms with Gasteiger partial charge in [-0.3, -0.25) is 9.78 Å². The lowest BCUT2D eigenvalue weighted by Gasteiger charge is -2.22. The predicted molar refractivity (Wildman–Crippen MR) is 101 cm³/mol. The van der Waals surface area contributed by atoms with Gasteiger partial charge in [-0.05, 0) is 47.7 Å². The fourth-order valence-electron chi connectivity index (χ4n) is 2.44. The van der Waals surface area contributed by atoms with Crippen molar-refractivity contribution in [2.75, 3.05) is 11.5 Å². The van der Waals surface area contributed by atoms with E-state index in [0.717, 1.165) is 17.0 Å². The van der Waals surface area contributed by atoms with Gasteiger partial charge in [0.05, 0.1) is 18.4 Å². The van der Waals surface area contributed by atoms with Crippen LogP contribution >= 0.6 is 11.3 Å². The highest BCUT2D eigenvalue weighted by atomic mass is 32.1. The minimum absolute atomic E-state index is 0.00819. The number of carbonyl (C=O) groups excluding carboxylic acids is 1. The molecule has 5 heteroatoms. The zero-order chi connectivity index (χ0) is 17.5. The van der Waals surface area contributed by atoms with Crippen molar-refractivity contribution in [3.63, 3.8) is 0 Å².